The van der Waals surface area contributed by atoms with E-state index >= 15 is 0 Å². The van der Waals surface area contributed by atoms with Gasteiger partial charge >= 0.3 is 0 Å². The Balaban J connectivity index is 1.79. The number of anilines is 1. The number of carbonyl (C=O) groups excluding carboxylic acids is 1. The molecule has 3 rings (SSSR count). The number of rotatable bonds is 4. The number of ether oxygens (including phenoxy) is 1. The average molecular weight is 271 g/mol. The normalized spacial score (nSPS) is 18.1. The number of pyridine rings is 1. The highest BCUT2D eigenvalue weighted by molar-refractivity contribution is 5.92. The molecule has 0 bridgehead atoms. The van der Waals surface area contributed by atoms with E-state index in [1.54, 1.807) is 13.3 Å². The van der Waals surface area contributed by atoms with Crippen molar-refractivity contribution < 1.29 is 9.53 Å². The number of benzene rings is 1. The Hall–Kier alpha value is -2.30. The second kappa shape index (κ2) is 5.36. The lowest BCUT2D eigenvalue weighted by Gasteiger charge is -2.13. The standard InChI is InChI=1S/C15H17N3O2/c1-20-12-3-4-13-10(8-12)6-7-16-15(13)17-9-11-2-5-14(19)18-11/h3-4,6-8,11H,2,5,9H2,1H3,(H,16,17)(H,18,19). The van der Waals surface area contributed by atoms with Gasteiger partial charge in [-0.2, -0.15) is 0 Å². The van der Waals surface area contributed by atoms with Crippen LogP contribution in [-0.4, -0.2) is 30.6 Å². The van der Waals surface area contributed by atoms with Gasteiger partial charge in [0.15, 0.2) is 0 Å². The van der Waals surface area contributed by atoms with Crippen LogP contribution >= 0.6 is 0 Å². The van der Waals surface area contributed by atoms with Crippen LogP contribution in [0, 0.1) is 0 Å². The van der Waals surface area contributed by atoms with Gasteiger partial charge in [0, 0.05) is 30.6 Å². The maximum Gasteiger partial charge on any atom is 0.220 e. The number of methoxy groups -OCH3 is 1. The van der Waals surface area contributed by atoms with Crippen LogP contribution in [-0.2, 0) is 4.79 Å². The van der Waals surface area contributed by atoms with Crippen molar-refractivity contribution in [2.75, 3.05) is 19.0 Å². The maximum atomic E-state index is 11.2. The number of hydrogen-bond acceptors (Lipinski definition) is 4. The summed E-state index contributed by atoms with van der Waals surface area (Å²) in [6, 6.07) is 8.06. The molecule has 0 spiro atoms. The summed E-state index contributed by atoms with van der Waals surface area (Å²) in [7, 11) is 1.66. The molecule has 0 saturated carbocycles. The van der Waals surface area contributed by atoms with E-state index in [-0.39, 0.29) is 11.9 Å². The van der Waals surface area contributed by atoms with Gasteiger partial charge in [0.25, 0.3) is 0 Å². The van der Waals surface area contributed by atoms with E-state index in [0.717, 1.165) is 28.8 Å². The molecule has 5 nitrogen and oxygen atoms in total. The molecule has 1 aliphatic heterocycles. The molecule has 1 saturated heterocycles. The number of aromatic nitrogens is 1. The summed E-state index contributed by atoms with van der Waals surface area (Å²) in [6.45, 7) is 0.698. The summed E-state index contributed by atoms with van der Waals surface area (Å²) in [5.74, 6) is 1.80. The first-order valence-corrected chi connectivity index (χ1v) is 6.72. The second-order valence-electron chi connectivity index (χ2n) is 4.93. The molecule has 1 aliphatic rings. The first-order chi connectivity index (χ1) is 9.76. The molecule has 20 heavy (non-hydrogen) atoms. The lowest BCUT2D eigenvalue weighted by atomic mass is 10.1. The molecular weight excluding hydrogens is 254 g/mol. The molecule has 0 aliphatic carbocycles. The lowest BCUT2D eigenvalue weighted by molar-refractivity contribution is -0.119. The fourth-order valence-electron chi connectivity index (χ4n) is 2.47. The molecule has 5 heteroatoms. The molecule has 2 heterocycles. The topological polar surface area (TPSA) is 63.2 Å². The molecule has 1 aromatic heterocycles. The van der Waals surface area contributed by atoms with Gasteiger partial charge in [0.2, 0.25) is 5.91 Å². The zero-order valence-corrected chi connectivity index (χ0v) is 11.3. The van der Waals surface area contributed by atoms with Crippen LogP contribution in [0.3, 0.4) is 0 Å². The summed E-state index contributed by atoms with van der Waals surface area (Å²) in [5.41, 5.74) is 0. The zero-order valence-electron chi connectivity index (χ0n) is 11.3. The number of nitrogens with zero attached hydrogens (tertiary/aromatic N) is 1. The fourth-order valence-corrected chi connectivity index (χ4v) is 2.47. The Bertz CT molecular complexity index is 642. The minimum atomic E-state index is 0.132. The van der Waals surface area contributed by atoms with Crippen molar-refractivity contribution in [1.82, 2.24) is 10.3 Å². The van der Waals surface area contributed by atoms with Gasteiger partial charge in [-0.15, -0.1) is 0 Å². The Labute approximate surface area is 117 Å². The van der Waals surface area contributed by atoms with Crippen LogP contribution < -0.4 is 15.4 Å². The van der Waals surface area contributed by atoms with E-state index < -0.39 is 0 Å². The van der Waals surface area contributed by atoms with Crippen LogP contribution in [0.4, 0.5) is 5.82 Å². The highest BCUT2D eigenvalue weighted by Gasteiger charge is 2.20. The smallest absolute Gasteiger partial charge is 0.220 e. The van der Waals surface area contributed by atoms with Crippen LogP contribution in [0.5, 0.6) is 5.75 Å². The van der Waals surface area contributed by atoms with Crippen molar-refractivity contribution in [3.05, 3.63) is 30.5 Å². The Morgan fingerprint density at radius 1 is 1.45 bits per heavy atom. The predicted octanol–water partition coefficient (Wildman–Crippen LogP) is 1.93. The molecule has 1 aromatic carbocycles. The number of nitrogens with one attached hydrogen (secondary N) is 2. The van der Waals surface area contributed by atoms with E-state index in [1.165, 1.54) is 0 Å². The van der Waals surface area contributed by atoms with Gasteiger partial charge in [-0.1, -0.05) is 0 Å². The van der Waals surface area contributed by atoms with Crippen molar-refractivity contribution in [3.63, 3.8) is 0 Å². The zero-order chi connectivity index (χ0) is 13.9. The van der Waals surface area contributed by atoms with E-state index in [4.69, 9.17) is 4.74 Å². The largest absolute Gasteiger partial charge is 0.497 e. The molecular formula is C15H17N3O2. The van der Waals surface area contributed by atoms with Crippen LogP contribution in [0.1, 0.15) is 12.8 Å². The molecule has 1 unspecified atom stereocenters. The number of amides is 1. The number of carbonyl (C=O) groups is 1. The molecule has 0 radical (unpaired) electrons. The monoisotopic (exact) mass is 271 g/mol. The first-order valence-electron chi connectivity index (χ1n) is 6.72. The molecule has 1 amide bonds. The predicted molar refractivity (Wildman–Crippen MR) is 77.9 cm³/mol. The number of hydrogen-bond donors (Lipinski definition) is 2. The average Bonchev–Trinajstić information content (AvgIpc) is 2.90. The van der Waals surface area contributed by atoms with Crippen molar-refractivity contribution in [3.8, 4) is 5.75 Å². The maximum absolute atomic E-state index is 11.2. The van der Waals surface area contributed by atoms with Crippen LogP contribution in [0.2, 0.25) is 0 Å². The molecule has 2 N–H and O–H groups in total. The summed E-state index contributed by atoms with van der Waals surface area (Å²) in [6.07, 6.45) is 3.27. The Morgan fingerprint density at radius 3 is 3.10 bits per heavy atom. The van der Waals surface area contributed by atoms with Crippen molar-refractivity contribution >= 4 is 22.5 Å². The van der Waals surface area contributed by atoms with Gasteiger partial charge in [-0.25, -0.2) is 4.98 Å². The van der Waals surface area contributed by atoms with E-state index in [9.17, 15) is 4.79 Å². The lowest BCUT2D eigenvalue weighted by Crippen LogP contribution is -2.32. The number of fused-ring (bicyclic) bond motifs is 1. The van der Waals surface area contributed by atoms with Gasteiger partial charge in [0.1, 0.15) is 11.6 Å². The van der Waals surface area contributed by atoms with Crippen molar-refractivity contribution in [2.24, 2.45) is 0 Å². The van der Waals surface area contributed by atoms with E-state index in [1.807, 2.05) is 24.3 Å². The van der Waals surface area contributed by atoms with Crippen LogP contribution in [0.15, 0.2) is 30.5 Å². The Kier molecular flexibility index (Phi) is 3.41. The SMILES string of the molecule is COc1ccc2c(NCC3CCC(=O)N3)nccc2c1. The highest BCUT2D eigenvalue weighted by Crippen LogP contribution is 2.25. The summed E-state index contributed by atoms with van der Waals surface area (Å²) in [4.78, 5) is 15.6. The van der Waals surface area contributed by atoms with Crippen LogP contribution in [0.25, 0.3) is 10.8 Å². The van der Waals surface area contributed by atoms with Gasteiger partial charge in [-0.3, -0.25) is 4.79 Å². The molecule has 2 aromatic rings. The van der Waals surface area contributed by atoms with E-state index in [2.05, 4.69) is 15.6 Å². The molecule has 1 fully saturated rings. The third kappa shape index (κ3) is 2.52. The van der Waals surface area contributed by atoms with Gasteiger partial charge < -0.3 is 15.4 Å². The minimum absolute atomic E-state index is 0.132. The van der Waals surface area contributed by atoms with Crippen molar-refractivity contribution in [1.29, 1.82) is 0 Å². The quantitative estimate of drug-likeness (QED) is 0.892. The second-order valence-corrected chi connectivity index (χ2v) is 4.93. The fraction of sp³-hybridized carbons (Fsp3) is 0.333. The van der Waals surface area contributed by atoms with Gasteiger partial charge in [0.05, 0.1) is 7.11 Å². The van der Waals surface area contributed by atoms with Crippen molar-refractivity contribution in [2.45, 2.75) is 18.9 Å². The van der Waals surface area contributed by atoms with E-state index in [0.29, 0.717) is 13.0 Å². The molecule has 104 valence electrons. The third-order valence-corrected chi connectivity index (χ3v) is 3.57. The molecule has 1 atom stereocenters. The van der Waals surface area contributed by atoms with Gasteiger partial charge in [-0.05, 0) is 36.1 Å². The summed E-state index contributed by atoms with van der Waals surface area (Å²) in [5, 5.41) is 8.40. The highest BCUT2D eigenvalue weighted by atomic mass is 16.5. The third-order valence-electron chi connectivity index (χ3n) is 3.57. The minimum Gasteiger partial charge on any atom is -0.497 e. The summed E-state index contributed by atoms with van der Waals surface area (Å²) >= 11 is 0. The Morgan fingerprint density at radius 2 is 2.35 bits per heavy atom. The summed E-state index contributed by atoms with van der Waals surface area (Å²) < 4.78 is 5.23. The first kappa shape index (κ1) is 12.7.